The third kappa shape index (κ3) is 3.24. The van der Waals surface area contributed by atoms with Gasteiger partial charge in [-0.05, 0) is 31.0 Å². The lowest BCUT2D eigenvalue weighted by molar-refractivity contribution is 0.253. The van der Waals surface area contributed by atoms with Gasteiger partial charge < -0.3 is 4.90 Å². The molecule has 3 aromatic heterocycles. The molecular formula is C20H18FN7O. The lowest BCUT2D eigenvalue weighted by Gasteiger charge is -2.31. The third-order valence-corrected chi connectivity index (χ3v) is 5.27. The second-order valence-electron chi connectivity index (χ2n) is 7.04. The summed E-state index contributed by atoms with van der Waals surface area (Å²) in [5.74, 6) is 0.511. The number of carbonyl (C=O) groups excluding carboxylic acids is 1. The summed E-state index contributed by atoms with van der Waals surface area (Å²) in [5, 5.41) is 2.81. The molecule has 0 aliphatic carbocycles. The number of anilines is 3. The number of fused-ring (bicyclic) bond motifs is 2. The van der Waals surface area contributed by atoms with Gasteiger partial charge in [-0.2, -0.15) is 0 Å². The minimum absolute atomic E-state index is 0.0255. The first-order valence-electron chi connectivity index (χ1n) is 9.42. The van der Waals surface area contributed by atoms with E-state index in [1.54, 1.807) is 17.3 Å². The lowest BCUT2D eigenvalue weighted by atomic mass is 10.1. The Morgan fingerprint density at radius 1 is 1.10 bits per heavy atom. The van der Waals surface area contributed by atoms with Crippen molar-refractivity contribution in [3.8, 4) is 11.3 Å². The van der Waals surface area contributed by atoms with Crippen LogP contribution >= 0.6 is 0 Å². The molecule has 6 rings (SSSR count). The van der Waals surface area contributed by atoms with Gasteiger partial charge in [0.2, 0.25) is 0 Å². The van der Waals surface area contributed by atoms with E-state index in [0.717, 1.165) is 37.8 Å². The summed E-state index contributed by atoms with van der Waals surface area (Å²) in [7, 11) is 0. The number of hydrogen-bond acceptors (Lipinski definition) is 6. The summed E-state index contributed by atoms with van der Waals surface area (Å²) in [4.78, 5) is 33.9. The molecule has 0 atom stereocenters. The summed E-state index contributed by atoms with van der Waals surface area (Å²) >= 11 is 0. The average molecular weight is 391 g/mol. The molecular weight excluding hydrogens is 373 g/mol. The number of halogens is 1. The second kappa shape index (κ2) is 7.08. The molecule has 2 amide bonds. The van der Waals surface area contributed by atoms with Crippen LogP contribution in [0.3, 0.4) is 0 Å². The van der Waals surface area contributed by atoms with E-state index in [-0.39, 0.29) is 12.1 Å². The van der Waals surface area contributed by atoms with Crippen LogP contribution < -0.4 is 15.1 Å². The number of piperidine rings is 1. The molecule has 1 saturated heterocycles. The van der Waals surface area contributed by atoms with Crippen molar-refractivity contribution in [2.75, 3.05) is 28.2 Å². The van der Waals surface area contributed by atoms with Crippen molar-refractivity contribution >= 4 is 23.4 Å². The van der Waals surface area contributed by atoms with Crippen LogP contribution in [0, 0.1) is 5.82 Å². The number of rotatable bonds is 2. The first-order chi connectivity index (χ1) is 14.2. The number of nitrogens with one attached hydrogen (secondary N) is 1. The van der Waals surface area contributed by atoms with E-state index in [4.69, 9.17) is 4.98 Å². The van der Waals surface area contributed by atoms with Gasteiger partial charge in [-0.25, -0.2) is 19.2 Å². The predicted octanol–water partition coefficient (Wildman–Crippen LogP) is 3.09. The van der Waals surface area contributed by atoms with Crippen LogP contribution in [-0.2, 0) is 0 Å². The van der Waals surface area contributed by atoms with Crippen molar-refractivity contribution in [1.29, 1.82) is 0 Å². The standard InChI is InChI=1S/C20H18FN7O/c21-14-9-13(10-23-11-14)16-1-2-17-19(25-16)28(15-3-7-27(17)8-4-15)20(29)26-18-12-22-5-6-24-18/h1-2,5-6,9-12,15H,3-4,7-8H2,(H,24,26,29). The summed E-state index contributed by atoms with van der Waals surface area (Å²) in [5.41, 5.74) is 2.02. The SMILES string of the molecule is O=C(Nc1cnccn1)N1c2nc(-c3cncc(F)c3)ccc2N2CCC1CC2. The molecule has 146 valence electrons. The van der Waals surface area contributed by atoms with Gasteiger partial charge in [-0.3, -0.25) is 20.2 Å². The molecule has 1 N–H and O–H groups in total. The molecule has 3 aliphatic heterocycles. The summed E-state index contributed by atoms with van der Waals surface area (Å²) in [6.07, 6.45) is 8.98. The Balaban J connectivity index is 1.57. The molecule has 3 aliphatic rings. The number of hydrogen-bond donors (Lipinski definition) is 1. The van der Waals surface area contributed by atoms with Crippen LogP contribution in [-0.4, -0.2) is 45.1 Å². The van der Waals surface area contributed by atoms with E-state index in [9.17, 15) is 9.18 Å². The van der Waals surface area contributed by atoms with Gasteiger partial charge in [-0.15, -0.1) is 0 Å². The van der Waals surface area contributed by atoms with Crippen molar-refractivity contribution in [2.24, 2.45) is 0 Å². The minimum Gasteiger partial charge on any atom is -0.368 e. The minimum atomic E-state index is -0.430. The summed E-state index contributed by atoms with van der Waals surface area (Å²) in [6.45, 7) is 1.71. The zero-order valence-corrected chi connectivity index (χ0v) is 15.5. The van der Waals surface area contributed by atoms with Crippen molar-refractivity contribution in [1.82, 2.24) is 19.9 Å². The second-order valence-corrected chi connectivity index (χ2v) is 7.04. The highest BCUT2D eigenvalue weighted by atomic mass is 19.1. The highest BCUT2D eigenvalue weighted by molar-refractivity contribution is 6.03. The maximum Gasteiger partial charge on any atom is 0.329 e. The Morgan fingerprint density at radius 3 is 2.72 bits per heavy atom. The average Bonchev–Trinajstić information content (AvgIpc) is 3.00. The lowest BCUT2D eigenvalue weighted by Crippen LogP contribution is -2.46. The van der Waals surface area contributed by atoms with Crippen LogP contribution in [0.5, 0.6) is 0 Å². The van der Waals surface area contributed by atoms with Gasteiger partial charge >= 0.3 is 6.03 Å². The number of amides is 2. The highest BCUT2D eigenvalue weighted by Crippen LogP contribution is 2.39. The van der Waals surface area contributed by atoms with E-state index >= 15 is 0 Å². The molecule has 0 spiro atoms. The molecule has 2 bridgehead atoms. The summed E-state index contributed by atoms with van der Waals surface area (Å²) < 4.78 is 13.7. The molecule has 3 aromatic rings. The Hall–Kier alpha value is -3.62. The molecule has 0 saturated carbocycles. The fraction of sp³-hybridized carbons (Fsp3) is 0.250. The maximum absolute atomic E-state index is 13.7. The highest BCUT2D eigenvalue weighted by Gasteiger charge is 2.37. The van der Waals surface area contributed by atoms with Crippen LogP contribution in [0.4, 0.5) is 26.5 Å². The molecule has 9 heteroatoms. The number of carbonyl (C=O) groups is 1. The van der Waals surface area contributed by atoms with E-state index < -0.39 is 5.82 Å². The van der Waals surface area contributed by atoms with Crippen LogP contribution in [0.15, 0.2) is 49.2 Å². The zero-order chi connectivity index (χ0) is 19.8. The van der Waals surface area contributed by atoms with E-state index in [2.05, 4.69) is 25.2 Å². The van der Waals surface area contributed by atoms with Crippen molar-refractivity contribution in [3.05, 3.63) is 55.0 Å². The fourth-order valence-electron chi connectivity index (χ4n) is 3.91. The largest absolute Gasteiger partial charge is 0.368 e. The summed E-state index contributed by atoms with van der Waals surface area (Å²) in [6, 6.07) is 4.89. The van der Waals surface area contributed by atoms with Crippen LogP contribution in [0.2, 0.25) is 0 Å². The fourth-order valence-corrected chi connectivity index (χ4v) is 3.91. The van der Waals surface area contributed by atoms with Gasteiger partial charge in [0, 0.05) is 43.3 Å². The maximum atomic E-state index is 13.7. The van der Waals surface area contributed by atoms with E-state index in [1.807, 2.05) is 12.1 Å². The Bertz CT molecular complexity index is 1050. The van der Waals surface area contributed by atoms with Crippen molar-refractivity contribution in [3.63, 3.8) is 0 Å². The van der Waals surface area contributed by atoms with E-state index in [1.165, 1.54) is 18.5 Å². The Morgan fingerprint density at radius 2 is 1.97 bits per heavy atom. The molecule has 29 heavy (non-hydrogen) atoms. The third-order valence-electron chi connectivity index (χ3n) is 5.27. The first kappa shape index (κ1) is 17.5. The van der Waals surface area contributed by atoms with Crippen molar-refractivity contribution in [2.45, 2.75) is 18.9 Å². The van der Waals surface area contributed by atoms with E-state index in [0.29, 0.717) is 22.9 Å². The van der Waals surface area contributed by atoms with Crippen LogP contribution in [0.1, 0.15) is 12.8 Å². The molecule has 8 nitrogen and oxygen atoms in total. The van der Waals surface area contributed by atoms with Crippen LogP contribution in [0.25, 0.3) is 11.3 Å². The van der Waals surface area contributed by atoms with Gasteiger partial charge in [0.25, 0.3) is 0 Å². The van der Waals surface area contributed by atoms with Gasteiger partial charge in [0.15, 0.2) is 11.6 Å². The Labute approximate surface area is 166 Å². The van der Waals surface area contributed by atoms with Gasteiger partial charge in [-0.1, -0.05) is 0 Å². The monoisotopic (exact) mass is 391 g/mol. The zero-order valence-electron chi connectivity index (χ0n) is 15.5. The molecule has 0 aromatic carbocycles. The topological polar surface area (TPSA) is 87.1 Å². The van der Waals surface area contributed by atoms with Gasteiger partial charge in [0.05, 0.1) is 23.8 Å². The molecule has 1 fully saturated rings. The number of nitrogens with zero attached hydrogens (tertiary/aromatic N) is 6. The molecule has 0 radical (unpaired) electrons. The normalized spacial score (nSPS) is 15.8. The number of pyridine rings is 2. The quantitative estimate of drug-likeness (QED) is 0.722. The molecule has 6 heterocycles. The Kier molecular flexibility index (Phi) is 4.27. The smallest absolute Gasteiger partial charge is 0.329 e. The number of urea groups is 1. The van der Waals surface area contributed by atoms with Gasteiger partial charge in [0.1, 0.15) is 5.82 Å². The predicted molar refractivity (Wildman–Crippen MR) is 106 cm³/mol. The first-order valence-corrected chi connectivity index (χ1v) is 9.42. The van der Waals surface area contributed by atoms with Crippen molar-refractivity contribution < 1.29 is 9.18 Å². The molecule has 0 unspecified atom stereocenters. The number of aromatic nitrogens is 4.